The smallest absolute Gasteiger partial charge is 0.238 e. The van der Waals surface area contributed by atoms with Gasteiger partial charge in [-0.2, -0.15) is 4.57 Å². The van der Waals surface area contributed by atoms with E-state index < -0.39 is 0 Å². The number of pyridine rings is 2. The lowest BCUT2D eigenvalue weighted by Crippen LogP contribution is -2.28. The van der Waals surface area contributed by atoms with Crippen molar-refractivity contribution in [2.24, 2.45) is 7.05 Å². The highest BCUT2D eigenvalue weighted by Crippen LogP contribution is 2.40. The Balaban J connectivity index is 2.12. The van der Waals surface area contributed by atoms with Gasteiger partial charge in [-0.1, -0.05) is 36.4 Å². The molecule has 0 atom stereocenters. The molecule has 0 saturated heterocycles. The number of hydrogen-bond donors (Lipinski definition) is 0. The molecule has 3 nitrogen and oxygen atoms in total. The Hall–Kier alpha value is -3.64. The number of hydrogen-bond acceptors (Lipinski definition) is 0. The Bertz CT molecular complexity index is 1600. The molecule has 3 heteroatoms. The molecule has 0 unspecified atom stereocenters. The number of nitrogens with zero attached hydrogens (tertiary/aromatic N) is 3. The first-order valence-corrected chi connectivity index (χ1v) is 9.06. The van der Waals surface area contributed by atoms with Crippen molar-refractivity contribution in [1.29, 1.82) is 0 Å². The quantitative estimate of drug-likeness (QED) is 0.145. The van der Waals surface area contributed by atoms with Crippen molar-refractivity contribution >= 4 is 54.7 Å². The maximum absolute atomic E-state index is 7.44. The summed E-state index contributed by atoms with van der Waals surface area (Å²) >= 11 is 0. The van der Waals surface area contributed by atoms with E-state index in [1.54, 1.807) is 0 Å². The van der Waals surface area contributed by atoms with Gasteiger partial charge in [0.25, 0.3) is 0 Å². The molecule has 0 saturated carbocycles. The number of rotatable bonds is 0. The van der Waals surface area contributed by atoms with E-state index in [9.17, 15) is 0 Å². The lowest BCUT2D eigenvalue weighted by atomic mass is 9.98. The predicted octanol–water partition coefficient (Wildman–Crippen LogP) is 5.67. The molecule has 0 aliphatic rings. The van der Waals surface area contributed by atoms with Gasteiger partial charge in [0.15, 0.2) is 11.9 Å². The average molecular weight is 346 g/mol. The van der Waals surface area contributed by atoms with Crippen LogP contribution in [-0.4, -0.2) is 4.40 Å². The molecule has 126 valence electrons. The second kappa shape index (κ2) is 4.75. The first-order chi connectivity index (χ1) is 13.2. The Morgan fingerprint density at radius 1 is 0.926 bits per heavy atom. The third-order valence-corrected chi connectivity index (χ3v) is 5.87. The summed E-state index contributed by atoms with van der Waals surface area (Å²) in [7, 11) is 2.12. The maximum Gasteiger partial charge on any atom is 0.238 e. The van der Waals surface area contributed by atoms with Crippen molar-refractivity contribution in [3.63, 3.8) is 0 Å². The van der Waals surface area contributed by atoms with Crippen LogP contribution in [0.4, 0.5) is 5.69 Å². The highest BCUT2D eigenvalue weighted by Gasteiger charge is 2.23. The molecule has 0 fully saturated rings. The number of fused-ring (bicyclic) bond motifs is 5. The monoisotopic (exact) mass is 346 g/mol. The molecule has 0 N–H and O–H groups in total. The molecule has 0 amide bonds. The van der Waals surface area contributed by atoms with Gasteiger partial charge in [0, 0.05) is 27.7 Å². The molecule has 0 aliphatic carbocycles. The van der Waals surface area contributed by atoms with Crippen LogP contribution in [0.5, 0.6) is 0 Å². The Morgan fingerprint density at radius 3 is 2.67 bits per heavy atom. The molecular weight excluding hydrogens is 330 g/mol. The molecule has 3 aromatic heterocycles. The molecule has 0 spiro atoms. The van der Waals surface area contributed by atoms with Gasteiger partial charge in [0.2, 0.25) is 5.52 Å². The SMILES string of the molecule is [C-]#[N+]c1ccc2c3cc[n+](C)c4c5c(C)ccc6cccc(c65)n(c2c1)c34. The van der Waals surface area contributed by atoms with Gasteiger partial charge in [-0.3, -0.25) is 0 Å². The van der Waals surface area contributed by atoms with E-state index in [4.69, 9.17) is 6.57 Å². The van der Waals surface area contributed by atoms with E-state index in [-0.39, 0.29) is 0 Å². The summed E-state index contributed by atoms with van der Waals surface area (Å²) in [6.45, 7) is 9.64. The maximum atomic E-state index is 7.44. The minimum atomic E-state index is 0.676. The van der Waals surface area contributed by atoms with Crippen molar-refractivity contribution < 1.29 is 4.57 Å². The number of aryl methyl sites for hydroxylation is 2. The average Bonchev–Trinajstić information content (AvgIpc) is 3.02. The van der Waals surface area contributed by atoms with Crippen LogP contribution in [0.15, 0.2) is 60.8 Å². The molecule has 0 bridgehead atoms. The van der Waals surface area contributed by atoms with Gasteiger partial charge < -0.3 is 4.40 Å². The summed E-state index contributed by atoms with van der Waals surface area (Å²) < 4.78 is 4.58. The van der Waals surface area contributed by atoms with Crippen LogP contribution < -0.4 is 4.57 Å². The van der Waals surface area contributed by atoms with E-state index in [0.29, 0.717) is 5.69 Å². The van der Waals surface area contributed by atoms with Crippen LogP contribution in [0.2, 0.25) is 0 Å². The number of aromatic nitrogens is 2. The first kappa shape index (κ1) is 14.5. The lowest BCUT2D eigenvalue weighted by Gasteiger charge is -2.13. The second-order valence-electron chi connectivity index (χ2n) is 7.32. The van der Waals surface area contributed by atoms with E-state index >= 15 is 0 Å². The van der Waals surface area contributed by atoms with Gasteiger partial charge in [-0.25, -0.2) is 4.85 Å². The molecule has 27 heavy (non-hydrogen) atoms. The van der Waals surface area contributed by atoms with E-state index in [0.717, 1.165) is 5.52 Å². The largest absolute Gasteiger partial charge is 0.304 e. The fourth-order valence-corrected chi connectivity index (χ4v) is 4.70. The first-order valence-electron chi connectivity index (χ1n) is 9.06. The Kier molecular flexibility index (Phi) is 2.55. The van der Waals surface area contributed by atoms with Gasteiger partial charge in [-0.05, 0) is 30.0 Å². The van der Waals surface area contributed by atoms with Gasteiger partial charge in [-0.15, -0.1) is 0 Å². The van der Waals surface area contributed by atoms with Crippen LogP contribution in [-0.2, 0) is 7.05 Å². The Labute approximate surface area is 155 Å². The summed E-state index contributed by atoms with van der Waals surface area (Å²) in [6, 6.07) is 19.2. The van der Waals surface area contributed by atoms with Gasteiger partial charge in [0.1, 0.15) is 12.6 Å². The zero-order chi connectivity index (χ0) is 18.3. The fourth-order valence-electron chi connectivity index (χ4n) is 4.70. The van der Waals surface area contributed by atoms with Crippen molar-refractivity contribution in [3.8, 4) is 0 Å². The van der Waals surface area contributed by atoms with Gasteiger partial charge in [0.05, 0.1) is 17.5 Å². The van der Waals surface area contributed by atoms with Crippen molar-refractivity contribution in [2.45, 2.75) is 6.92 Å². The minimum absolute atomic E-state index is 0.676. The third kappa shape index (κ3) is 1.63. The van der Waals surface area contributed by atoms with Crippen molar-refractivity contribution in [1.82, 2.24) is 4.40 Å². The second-order valence-corrected chi connectivity index (χ2v) is 7.32. The van der Waals surface area contributed by atoms with E-state index in [1.807, 2.05) is 12.1 Å². The highest BCUT2D eigenvalue weighted by molar-refractivity contribution is 6.25. The van der Waals surface area contributed by atoms with E-state index in [2.05, 4.69) is 76.4 Å². The fraction of sp³-hybridized carbons (Fsp3) is 0.0833. The molecule has 6 rings (SSSR count). The van der Waals surface area contributed by atoms with Crippen LogP contribution in [0, 0.1) is 13.5 Å². The van der Waals surface area contributed by atoms with Crippen LogP contribution >= 0.6 is 0 Å². The standard InChI is InChI=1S/C24H16N3/c1-14-7-8-15-5-4-6-19-22(15)21(14)24-23-18(11-12-26(24)3)17-10-9-16(25-2)13-20(17)27(19)23/h4-13H,1,3H3/q+1. The van der Waals surface area contributed by atoms with Crippen molar-refractivity contribution in [3.05, 3.63) is 77.8 Å². The van der Waals surface area contributed by atoms with Crippen LogP contribution in [0.3, 0.4) is 0 Å². The summed E-state index contributed by atoms with van der Waals surface area (Å²) in [6.07, 6.45) is 2.15. The molecule has 3 aromatic carbocycles. The molecule has 0 aliphatic heterocycles. The zero-order valence-electron chi connectivity index (χ0n) is 15.1. The zero-order valence-corrected chi connectivity index (χ0v) is 15.1. The normalized spacial score (nSPS) is 12.0. The molecular formula is C24H16N3+. The molecule has 3 heterocycles. The van der Waals surface area contributed by atoms with Gasteiger partial charge >= 0.3 is 0 Å². The third-order valence-electron chi connectivity index (χ3n) is 5.87. The lowest BCUT2D eigenvalue weighted by molar-refractivity contribution is -0.644. The number of benzene rings is 3. The van der Waals surface area contributed by atoms with Crippen LogP contribution in [0.25, 0.3) is 53.8 Å². The predicted molar refractivity (Wildman–Crippen MR) is 111 cm³/mol. The topological polar surface area (TPSA) is 12.7 Å². The molecule has 6 aromatic rings. The minimum Gasteiger partial charge on any atom is -0.304 e. The Morgan fingerprint density at radius 2 is 1.81 bits per heavy atom. The summed E-state index contributed by atoms with van der Waals surface area (Å²) in [4.78, 5) is 3.66. The molecule has 0 radical (unpaired) electrons. The summed E-state index contributed by atoms with van der Waals surface area (Å²) in [5.41, 5.74) is 6.74. The summed E-state index contributed by atoms with van der Waals surface area (Å²) in [5, 5.41) is 6.29. The van der Waals surface area contributed by atoms with E-state index in [1.165, 1.54) is 49.0 Å². The van der Waals surface area contributed by atoms with Crippen LogP contribution in [0.1, 0.15) is 5.56 Å². The summed E-state index contributed by atoms with van der Waals surface area (Å²) in [5.74, 6) is 0. The van der Waals surface area contributed by atoms with Crippen molar-refractivity contribution in [2.75, 3.05) is 0 Å². The highest BCUT2D eigenvalue weighted by atomic mass is 15.0.